The van der Waals surface area contributed by atoms with Gasteiger partial charge in [0.2, 0.25) is 0 Å². The average Bonchev–Trinajstić information content (AvgIpc) is 2.44. The number of hydrogen-bond donors (Lipinski definition) is 0. The molecule has 0 heterocycles. The van der Waals surface area contributed by atoms with Gasteiger partial charge in [0.15, 0.2) is 15.6 Å². The maximum absolute atomic E-state index is 11.9. The van der Waals surface area contributed by atoms with Crippen LogP contribution in [0.2, 0.25) is 0 Å². The van der Waals surface area contributed by atoms with E-state index in [9.17, 15) is 18.0 Å². The zero-order valence-electron chi connectivity index (χ0n) is 11.8. The lowest BCUT2D eigenvalue weighted by Crippen LogP contribution is -2.14. The summed E-state index contributed by atoms with van der Waals surface area (Å²) in [5.74, 6) is -0.666. The summed E-state index contributed by atoms with van der Waals surface area (Å²) in [4.78, 5) is 22.9. The average molecular weight is 298 g/mol. The summed E-state index contributed by atoms with van der Waals surface area (Å²) in [5, 5.41) is -0.511. The van der Waals surface area contributed by atoms with Gasteiger partial charge in [0.1, 0.15) is 0 Å². The van der Waals surface area contributed by atoms with Gasteiger partial charge >= 0.3 is 5.97 Å². The number of Topliss-reactive ketones (excluding diaryl/α,β-unsaturated/α-hetero) is 1. The van der Waals surface area contributed by atoms with E-state index in [0.29, 0.717) is 5.56 Å². The van der Waals surface area contributed by atoms with Crippen LogP contribution in [0.5, 0.6) is 0 Å². The molecule has 0 atom stereocenters. The van der Waals surface area contributed by atoms with Gasteiger partial charge in [-0.05, 0) is 26.0 Å². The molecule has 0 fully saturated rings. The number of ketones is 1. The Morgan fingerprint density at radius 3 is 2.10 bits per heavy atom. The lowest BCUT2D eigenvalue weighted by molar-refractivity contribution is -0.140. The number of hydrogen-bond acceptors (Lipinski definition) is 5. The molecule has 0 radical (unpaired) electrons. The molecule has 0 unspecified atom stereocenters. The first-order valence-corrected chi connectivity index (χ1v) is 7.77. The van der Waals surface area contributed by atoms with Crippen LogP contribution in [0.3, 0.4) is 0 Å². The highest BCUT2D eigenvalue weighted by Gasteiger charge is 2.19. The van der Waals surface area contributed by atoms with Crippen LogP contribution in [0.4, 0.5) is 0 Å². The van der Waals surface area contributed by atoms with Gasteiger partial charge in [-0.25, -0.2) is 8.42 Å². The van der Waals surface area contributed by atoms with Crippen molar-refractivity contribution in [2.45, 2.75) is 36.8 Å². The van der Waals surface area contributed by atoms with Gasteiger partial charge in [0, 0.05) is 12.0 Å². The molecular formula is C14H18O5S. The molecule has 0 spiro atoms. The van der Waals surface area contributed by atoms with E-state index in [0.717, 1.165) is 0 Å². The summed E-state index contributed by atoms with van der Waals surface area (Å²) in [5.41, 5.74) is 0.386. The zero-order valence-corrected chi connectivity index (χ0v) is 12.6. The van der Waals surface area contributed by atoms with Crippen LogP contribution in [-0.4, -0.2) is 32.5 Å². The third-order valence-corrected chi connectivity index (χ3v) is 5.08. The summed E-state index contributed by atoms with van der Waals surface area (Å²) >= 11 is 0. The highest BCUT2D eigenvalue weighted by Crippen LogP contribution is 2.17. The molecule has 110 valence electrons. The minimum atomic E-state index is -3.33. The number of methoxy groups -OCH3 is 1. The number of benzene rings is 1. The van der Waals surface area contributed by atoms with E-state index in [1.165, 1.54) is 31.4 Å². The Kier molecular flexibility index (Phi) is 5.44. The van der Waals surface area contributed by atoms with Crippen molar-refractivity contribution in [3.8, 4) is 0 Å². The Bertz CT molecular complexity index is 584. The van der Waals surface area contributed by atoms with Crippen molar-refractivity contribution < 1.29 is 22.7 Å². The second kappa shape index (κ2) is 6.65. The first-order chi connectivity index (χ1) is 9.28. The van der Waals surface area contributed by atoms with Crippen molar-refractivity contribution in [2.24, 2.45) is 0 Å². The Morgan fingerprint density at radius 1 is 1.10 bits per heavy atom. The van der Waals surface area contributed by atoms with E-state index >= 15 is 0 Å². The van der Waals surface area contributed by atoms with Crippen LogP contribution >= 0.6 is 0 Å². The Labute approximate surface area is 118 Å². The molecule has 0 aliphatic heterocycles. The molecule has 0 N–H and O–H groups in total. The van der Waals surface area contributed by atoms with Crippen molar-refractivity contribution in [3.63, 3.8) is 0 Å². The fourth-order valence-electron chi connectivity index (χ4n) is 1.56. The van der Waals surface area contributed by atoms with Crippen LogP contribution in [0.15, 0.2) is 29.2 Å². The highest BCUT2D eigenvalue weighted by molar-refractivity contribution is 7.92. The van der Waals surface area contributed by atoms with E-state index < -0.39 is 21.1 Å². The Balaban J connectivity index is 2.82. The number of esters is 1. The summed E-state index contributed by atoms with van der Waals surface area (Å²) in [7, 11) is -2.07. The van der Waals surface area contributed by atoms with Gasteiger partial charge in [-0.1, -0.05) is 12.1 Å². The molecule has 0 aliphatic carbocycles. The van der Waals surface area contributed by atoms with Crippen molar-refractivity contribution in [1.82, 2.24) is 0 Å². The first-order valence-electron chi connectivity index (χ1n) is 6.23. The molecule has 20 heavy (non-hydrogen) atoms. The molecule has 1 rings (SSSR count). The van der Waals surface area contributed by atoms with Crippen LogP contribution in [0, 0.1) is 0 Å². The number of carbonyl (C=O) groups is 2. The van der Waals surface area contributed by atoms with E-state index in [1.807, 2.05) is 0 Å². The number of ether oxygens (including phenoxy) is 1. The molecule has 1 aromatic rings. The molecule has 0 amide bonds. The fourth-order valence-corrected chi connectivity index (χ4v) is 2.62. The molecule has 6 heteroatoms. The second-order valence-corrected chi connectivity index (χ2v) is 7.12. The van der Waals surface area contributed by atoms with E-state index in [1.54, 1.807) is 13.8 Å². The smallest absolute Gasteiger partial charge is 0.305 e. The number of sulfone groups is 1. The van der Waals surface area contributed by atoms with Crippen molar-refractivity contribution in [3.05, 3.63) is 29.8 Å². The van der Waals surface area contributed by atoms with Crippen LogP contribution < -0.4 is 0 Å². The quantitative estimate of drug-likeness (QED) is 0.593. The summed E-state index contributed by atoms with van der Waals surface area (Å²) < 4.78 is 28.3. The minimum absolute atomic E-state index is 0.0153. The van der Waals surface area contributed by atoms with Crippen molar-refractivity contribution in [1.29, 1.82) is 0 Å². The predicted octanol–water partition coefficient (Wildman–Crippen LogP) is 2.00. The van der Waals surface area contributed by atoms with Crippen LogP contribution in [0.1, 0.15) is 37.0 Å². The summed E-state index contributed by atoms with van der Waals surface area (Å²) in [6.07, 6.45) is 0.0598. The second-order valence-electron chi connectivity index (χ2n) is 4.62. The fraction of sp³-hybridized carbons (Fsp3) is 0.429. The van der Waals surface area contributed by atoms with Gasteiger partial charge in [0.05, 0.1) is 23.7 Å². The van der Waals surface area contributed by atoms with Gasteiger partial charge in [-0.3, -0.25) is 9.59 Å². The van der Waals surface area contributed by atoms with Crippen LogP contribution in [-0.2, 0) is 19.4 Å². The van der Waals surface area contributed by atoms with Gasteiger partial charge in [-0.2, -0.15) is 0 Å². The normalized spacial score (nSPS) is 11.4. The SMILES string of the molecule is COC(=O)CCC(=O)c1ccc(S(=O)(=O)C(C)C)cc1. The van der Waals surface area contributed by atoms with Gasteiger partial charge in [0.25, 0.3) is 0 Å². The molecule has 0 bridgehead atoms. The lowest BCUT2D eigenvalue weighted by atomic mass is 10.1. The largest absolute Gasteiger partial charge is 0.469 e. The van der Waals surface area contributed by atoms with Gasteiger partial charge < -0.3 is 4.74 Å². The Morgan fingerprint density at radius 2 is 1.65 bits per heavy atom. The van der Waals surface area contributed by atoms with Crippen molar-refractivity contribution in [2.75, 3.05) is 7.11 Å². The standard InChI is InChI=1S/C14H18O5S/c1-10(2)20(17,18)12-6-4-11(5-7-12)13(15)8-9-14(16)19-3/h4-7,10H,8-9H2,1-3H3. The third kappa shape index (κ3) is 3.90. The maximum Gasteiger partial charge on any atom is 0.305 e. The zero-order chi connectivity index (χ0) is 15.3. The van der Waals surface area contributed by atoms with Gasteiger partial charge in [-0.15, -0.1) is 0 Å². The maximum atomic E-state index is 11.9. The topological polar surface area (TPSA) is 77.5 Å². The Hall–Kier alpha value is -1.69. The lowest BCUT2D eigenvalue weighted by Gasteiger charge is -2.08. The molecule has 0 saturated carbocycles. The first kappa shape index (κ1) is 16.4. The molecule has 5 nitrogen and oxygen atoms in total. The molecule has 0 saturated heterocycles. The third-order valence-electron chi connectivity index (χ3n) is 2.91. The van der Waals surface area contributed by atoms with Crippen LogP contribution in [0.25, 0.3) is 0 Å². The molecular weight excluding hydrogens is 280 g/mol. The van der Waals surface area contributed by atoms with E-state index in [4.69, 9.17) is 0 Å². The predicted molar refractivity (Wildman–Crippen MR) is 74.3 cm³/mol. The highest BCUT2D eigenvalue weighted by atomic mass is 32.2. The molecule has 0 aliphatic rings. The minimum Gasteiger partial charge on any atom is -0.469 e. The number of carbonyl (C=O) groups excluding carboxylic acids is 2. The monoisotopic (exact) mass is 298 g/mol. The van der Waals surface area contributed by atoms with E-state index in [2.05, 4.69) is 4.74 Å². The summed E-state index contributed by atoms with van der Waals surface area (Å²) in [6, 6.07) is 5.77. The molecule has 1 aromatic carbocycles. The molecule has 0 aromatic heterocycles. The summed E-state index contributed by atoms with van der Waals surface area (Å²) in [6.45, 7) is 3.20. The van der Waals surface area contributed by atoms with Crippen molar-refractivity contribution >= 4 is 21.6 Å². The number of rotatable bonds is 6. The van der Waals surface area contributed by atoms with E-state index in [-0.39, 0.29) is 23.5 Å².